The molecule has 0 bridgehead atoms. The fourth-order valence-corrected chi connectivity index (χ4v) is 1.61. The van der Waals surface area contributed by atoms with Crippen LogP contribution in [0, 0.1) is 5.92 Å². The summed E-state index contributed by atoms with van der Waals surface area (Å²) in [5.74, 6) is -0.811. The van der Waals surface area contributed by atoms with Crippen molar-refractivity contribution in [1.29, 1.82) is 0 Å². The first kappa shape index (κ1) is 11.0. The molecule has 0 aromatic heterocycles. The number of carboxylic acids is 1. The summed E-state index contributed by atoms with van der Waals surface area (Å²) >= 11 is 0. The van der Waals surface area contributed by atoms with Crippen molar-refractivity contribution < 1.29 is 9.90 Å². The van der Waals surface area contributed by atoms with E-state index in [9.17, 15) is 4.79 Å². The molecule has 1 saturated carbocycles. The standard InChI is InChI=1S/C10H18N2O2/c1-3-12(2)11-9-6-4-8(5-7-9)10(13)14/h8H,3-7H2,1-2H3,(H,13,14). The van der Waals surface area contributed by atoms with E-state index >= 15 is 0 Å². The van der Waals surface area contributed by atoms with Crippen LogP contribution in [-0.2, 0) is 4.79 Å². The summed E-state index contributed by atoms with van der Waals surface area (Å²) in [6.07, 6.45) is 3.15. The molecule has 0 aromatic rings. The molecule has 0 radical (unpaired) electrons. The predicted octanol–water partition coefficient (Wildman–Crippen LogP) is 1.57. The van der Waals surface area contributed by atoms with Crippen molar-refractivity contribution in [3.05, 3.63) is 0 Å². The van der Waals surface area contributed by atoms with Crippen molar-refractivity contribution in [2.45, 2.75) is 32.6 Å². The predicted molar refractivity (Wildman–Crippen MR) is 55.3 cm³/mol. The molecule has 1 fully saturated rings. The van der Waals surface area contributed by atoms with Gasteiger partial charge in [-0.1, -0.05) is 0 Å². The molecule has 0 spiro atoms. The van der Waals surface area contributed by atoms with Crippen LogP contribution in [0.4, 0.5) is 0 Å². The van der Waals surface area contributed by atoms with E-state index in [1.165, 1.54) is 0 Å². The molecule has 0 aliphatic heterocycles. The number of carboxylic acid groups (broad SMARTS) is 1. The summed E-state index contributed by atoms with van der Waals surface area (Å²) in [5.41, 5.74) is 1.15. The number of carbonyl (C=O) groups is 1. The van der Waals surface area contributed by atoms with E-state index < -0.39 is 5.97 Å². The van der Waals surface area contributed by atoms with E-state index in [-0.39, 0.29) is 5.92 Å². The van der Waals surface area contributed by atoms with E-state index in [4.69, 9.17) is 5.11 Å². The Morgan fingerprint density at radius 3 is 2.57 bits per heavy atom. The zero-order valence-electron chi connectivity index (χ0n) is 8.86. The molecule has 1 rings (SSSR count). The second kappa shape index (κ2) is 4.98. The largest absolute Gasteiger partial charge is 0.481 e. The van der Waals surface area contributed by atoms with Crippen LogP contribution in [0.5, 0.6) is 0 Å². The lowest BCUT2D eigenvalue weighted by Gasteiger charge is -2.21. The summed E-state index contributed by atoms with van der Waals surface area (Å²) in [5, 5.41) is 15.1. The maximum atomic E-state index is 10.7. The maximum absolute atomic E-state index is 10.7. The average Bonchev–Trinajstić information content (AvgIpc) is 2.18. The van der Waals surface area contributed by atoms with Crippen LogP contribution in [0.3, 0.4) is 0 Å². The van der Waals surface area contributed by atoms with E-state index in [2.05, 4.69) is 5.10 Å². The minimum Gasteiger partial charge on any atom is -0.481 e. The minimum absolute atomic E-state index is 0.152. The number of hydrazone groups is 1. The molecule has 80 valence electrons. The summed E-state index contributed by atoms with van der Waals surface area (Å²) in [6.45, 7) is 2.94. The Balaban J connectivity index is 2.42. The summed E-state index contributed by atoms with van der Waals surface area (Å²) in [4.78, 5) is 10.7. The molecule has 4 nitrogen and oxygen atoms in total. The van der Waals surface area contributed by atoms with Gasteiger partial charge in [0, 0.05) is 19.3 Å². The Labute approximate surface area is 84.6 Å². The number of rotatable bonds is 3. The van der Waals surface area contributed by atoms with Gasteiger partial charge in [0.05, 0.1) is 5.92 Å². The molecular weight excluding hydrogens is 180 g/mol. The topological polar surface area (TPSA) is 52.9 Å². The lowest BCUT2D eigenvalue weighted by molar-refractivity contribution is -0.142. The Hall–Kier alpha value is -1.06. The number of nitrogens with zero attached hydrogens (tertiary/aromatic N) is 2. The normalized spacial score (nSPS) is 21.9. The van der Waals surface area contributed by atoms with Gasteiger partial charge in [-0.15, -0.1) is 0 Å². The average molecular weight is 198 g/mol. The third-order valence-corrected chi connectivity index (χ3v) is 2.68. The van der Waals surface area contributed by atoms with Crippen LogP contribution in [0.25, 0.3) is 0 Å². The first-order valence-electron chi connectivity index (χ1n) is 5.13. The number of hydrogen-bond acceptors (Lipinski definition) is 3. The van der Waals surface area contributed by atoms with Crippen molar-refractivity contribution in [1.82, 2.24) is 5.01 Å². The van der Waals surface area contributed by atoms with Gasteiger partial charge < -0.3 is 10.1 Å². The van der Waals surface area contributed by atoms with Gasteiger partial charge in [0.1, 0.15) is 0 Å². The molecule has 1 aliphatic rings. The van der Waals surface area contributed by atoms with Crippen LogP contribution in [0.2, 0.25) is 0 Å². The first-order chi connectivity index (χ1) is 6.63. The first-order valence-corrected chi connectivity index (χ1v) is 5.13. The van der Waals surface area contributed by atoms with Crippen LogP contribution in [0.15, 0.2) is 5.10 Å². The molecule has 0 heterocycles. The molecule has 0 atom stereocenters. The molecule has 1 aliphatic carbocycles. The van der Waals surface area contributed by atoms with Crippen molar-refractivity contribution >= 4 is 11.7 Å². The Kier molecular flexibility index (Phi) is 3.92. The van der Waals surface area contributed by atoms with Crippen molar-refractivity contribution in [2.75, 3.05) is 13.6 Å². The smallest absolute Gasteiger partial charge is 0.306 e. The summed E-state index contributed by atoms with van der Waals surface area (Å²) < 4.78 is 0. The third kappa shape index (κ3) is 3.01. The van der Waals surface area contributed by atoms with Crippen molar-refractivity contribution in [2.24, 2.45) is 11.0 Å². The zero-order chi connectivity index (χ0) is 10.6. The van der Waals surface area contributed by atoms with Gasteiger partial charge in [0.2, 0.25) is 0 Å². The second-order valence-corrected chi connectivity index (χ2v) is 3.75. The minimum atomic E-state index is -0.659. The Morgan fingerprint density at radius 1 is 1.57 bits per heavy atom. The van der Waals surface area contributed by atoms with Gasteiger partial charge in [-0.2, -0.15) is 5.10 Å². The van der Waals surface area contributed by atoms with Gasteiger partial charge in [-0.05, 0) is 32.6 Å². The van der Waals surface area contributed by atoms with E-state index in [1.54, 1.807) is 0 Å². The second-order valence-electron chi connectivity index (χ2n) is 3.75. The summed E-state index contributed by atoms with van der Waals surface area (Å²) in [7, 11) is 1.94. The quantitative estimate of drug-likeness (QED) is 0.700. The van der Waals surface area contributed by atoms with E-state index in [0.29, 0.717) is 0 Å². The van der Waals surface area contributed by atoms with Gasteiger partial charge in [0.25, 0.3) is 0 Å². The molecule has 4 heteroatoms. The zero-order valence-corrected chi connectivity index (χ0v) is 8.86. The third-order valence-electron chi connectivity index (χ3n) is 2.68. The Morgan fingerprint density at radius 2 is 2.14 bits per heavy atom. The fraction of sp³-hybridized carbons (Fsp3) is 0.800. The molecule has 0 aromatic carbocycles. The van der Waals surface area contributed by atoms with Gasteiger partial charge in [0.15, 0.2) is 0 Å². The number of aliphatic carboxylic acids is 1. The SMILES string of the molecule is CCN(C)N=C1CCC(C(=O)O)CC1. The molecular formula is C10H18N2O2. The van der Waals surface area contributed by atoms with Gasteiger partial charge >= 0.3 is 5.97 Å². The van der Waals surface area contributed by atoms with Crippen molar-refractivity contribution in [3.63, 3.8) is 0 Å². The summed E-state index contributed by atoms with van der Waals surface area (Å²) in [6, 6.07) is 0. The monoisotopic (exact) mass is 198 g/mol. The molecule has 14 heavy (non-hydrogen) atoms. The lowest BCUT2D eigenvalue weighted by atomic mass is 9.88. The number of hydrogen-bond donors (Lipinski definition) is 1. The molecule has 0 unspecified atom stereocenters. The van der Waals surface area contributed by atoms with Gasteiger partial charge in [-0.25, -0.2) is 0 Å². The molecule has 0 saturated heterocycles. The molecule has 0 amide bonds. The van der Waals surface area contributed by atoms with Gasteiger partial charge in [-0.3, -0.25) is 4.79 Å². The Bertz CT molecular complexity index is 228. The van der Waals surface area contributed by atoms with Crippen LogP contribution in [-0.4, -0.2) is 35.4 Å². The fourth-order valence-electron chi connectivity index (χ4n) is 1.61. The van der Waals surface area contributed by atoms with Crippen LogP contribution < -0.4 is 0 Å². The highest BCUT2D eigenvalue weighted by Gasteiger charge is 2.23. The highest BCUT2D eigenvalue weighted by molar-refractivity contribution is 5.86. The van der Waals surface area contributed by atoms with Crippen LogP contribution >= 0.6 is 0 Å². The maximum Gasteiger partial charge on any atom is 0.306 e. The van der Waals surface area contributed by atoms with Crippen molar-refractivity contribution in [3.8, 4) is 0 Å². The van der Waals surface area contributed by atoms with E-state index in [1.807, 2.05) is 19.0 Å². The lowest BCUT2D eigenvalue weighted by Crippen LogP contribution is -2.23. The highest BCUT2D eigenvalue weighted by atomic mass is 16.4. The van der Waals surface area contributed by atoms with Crippen LogP contribution in [0.1, 0.15) is 32.6 Å². The van der Waals surface area contributed by atoms with E-state index in [0.717, 1.165) is 37.9 Å². The highest BCUT2D eigenvalue weighted by Crippen LogP contribution is 2.22. The molecule has 1 N–H and O–H groups in total.